The van der Waals surface area contributed by atoms with Crippen molar-refractivity contribution in [1.29, 1.82) is 0 Å². The molecule has 4 heteroatoms. The van der Waals surface area contributed by atoms with Crippen molar-refractivity contribution in [1.82, 2.24) is 5.32 Å². The van der Waals surface area contributed by atoms with E-state index in [1.807, 2.05) is 24.3 Å². The number of carbonyl (C=O) groups is 1. The standard InChI is InChI=1S/C15H22N2O2/c1-15(2)8-11(15)9-16-10-14(18)17-12-5-4-6-13(7-12)19-3/h4-7,11,16H,8-10H2,1-3H3,(H,17,18). The van der Waals surface area contributed by atoms with Crippen LogP contribution < -0.4 is 15.4 Å². The molecule has 0 heterocycles. The van der Waals surface area contributed by atoms with Crippen LogP contribution in [0.15, 0.2) is 24.3 Å². The number of anilines is 1. The quantitative estimate of drug-likeness (QED) is 0.827. The number of carbonyl (C=O) groups excluding carboxylic acids is 1. The van der Waals surface area contributed by atoms with Gasteiger partial charge in [-0.3, -0.25) is 4.79 Å². The summed E-state index contributed by atoms with van der Waals surface area (Å²) in [7, 11) is 1.61. The summed E-state index contributed by atoms with van der Waals surface area (Å²) in [5, 5.41) is 6.06. The van der Waals surface area contributed by atoms with Crippen LogP contribution in [0.4, 0.5) is 5.69 Å². The SMILES string of the molecule is COc1cccc(NC(=O)CNCC2CC2(C)C)c1. The Morgan fingerprint density at radius 2 is 2.21 bits per heavy atom. The van der Waals surface area contributed by atoms with E-state index in [1.54, 1.807) is 7.11 Å². The van der Waals surface area contributed by atoms with Crippen LogP contribution in [0.25, 0.3) is 0 Å². The summed E-state index contributed by atoms with van der Waals surface area (Å²) in [6, 6.07) is 7.37. The second-order valence-corrected chi connectivity index (χ2v) is 5.80. The van der Waals surface area contributed by atoms with Gasteiger partial charge < -0.3 is 15.4 Å². The van der Waals surface area contributed by atoms with Gasteiger partial charge in [0.25, 0.3) is 0 Å². The number of nitrogens with one attached hydrogen (secondary N) is 2. The Morgan fingerprint density at radius 1 is 1.47 bits per heavy atom. The first-order valence-corrected chi connectivity index (χ1v) is 6.66. The second kappa shape index (κ2) is 5.61. The van der Waals surface area contributed by atoms with Gasteiger partial charge in [0.15, 0.2) is 0 Å². The molecule has 0 radical (unpaired) electrons. The van der Waals surface area contributed by atoms with Crippen molar-refractivity contribution in [2.45, 2.75) is 20.3 Å². The molecule has 1 atom stereocenters. The van der Waals surface area contributed by atoms with Crippen LogP contribution in [-0.4, -0.2) is 26.1 Å². The number of methoxy groups -OCH3 is 1. The van der Waals surface area contributed by atoms with E-state index < -0.39 is 0 Å². The Hall–Kier alpha value is -1.55. The van der Waals surface area contributed by atoms with E-state index >= 15 is 0 Å². The highest BCUT2D eigenvalue weighted by atomic mass is 16.5. The van der Waals surface area contributed by atoms with E-state index in [9.17, 15) is 4.79 Å². The third-order valence-corrected chi connectivity index (χ3v) is 3.75. The van der Waals surface area contributed by atoms with Crippen molar-refractivity contribution in [3.63, 3.8) is 0 Å². The van der Waals surface area contributed by atoms with Crippen molar-refractivity contribution < 1.29 is 9.53 Å². The van der Waals surface area contributed by atoms with Crippen LogP contribution in [-0.2, 0) is 4.79 Å². The molecule has 1 aromatic rings. The lowest BCUT2D eigenvalue weighted by atomic mass is 10.1. The second-order valence-electron chi connectivity index (χ2n) is 5.80. The average Bonchev–Trinajstić information content (AvgIpc) is 2.97. The third kappa shape index (κ3) is 3.96. The first-order chi connectivity index (χ1) is 9.01. The summed E-state index contributed by atoms with van der Waals surface area (Å²) >= 11 is 0. The maximum absolute atomic E-state index is 11.8. The van der Waals surface area contributed by atoms with Gasteiger partial charge in [0.2, 0.25) is 5.91 Å². The van der Waals surface area contributed by atoms with Gasteiger partial charge in [-0.05, 0) is 36.4 Å². The zero-order valence-corrected chi connectivity index (χ0v) is 11.8. The molecule has 0 bridgehead atoms. The van der Waals surface area contributed by atoms with Crippen LogP contribution in [0.2, 0.25) is 0 Å². The van der Waals surface area contributed by atoms with Crippen molar-refractivity contribution in [2.24, 2.45) is 11.3 Å². The fourth-order valence-corrected chi connectivity index (χ4v) is 2.19. The summed E-state index contributed by atoms with van der Waals surface area (Å²) in [5.74, 6) is 1.43. The molecule has 2 rings (SSSR count). The molecule has 0 saturated heterocycles. The van der Waals surface area contributed by atoms with Gasteiger partial charge in [-0.2, -0.15) is 0 Å². The lowest BCUT2D eigenvalue weighted by Gasteiger charge is -2.08. The zero-order chi connectivity index (χ0) is 13.9. The molecule has 0 aromatic heterocycles. The third-order valence-electron chi connectivity index (χ3n) is 3.75. The number of amides is 1. The first kappa shape index (κ1) is 13.9. The van der Waals surface area contributed by atoms with E-state index in [2.05, 4.69) is 24.5 Å². The van der Waals surface area contributed by atoms with Gasteiger partial charge in [-0.15, -0.1) is 0 Å². The number of hydrogen-bond donors (Lipinski definition) is 2. The van der Waals surface area contributed by atoms with Crippen molar-refractivity contribution in [3.05, 3.63) is 24.3 Å². The molecular weight excluding hydrogens is 240 g/mol. The van der Waals surface area contributed by atoms with Crippen LogP contribution >= 0.6 is 0 Å². The van der Waals surface area contributed by atoms with Crippen LogP contribution in [0.3, 0.4) is 0 Å². The molecule has 1 aromatic carbocycles. The lowest BCUT2D eigenvalue weighted by molar-refractivity contribution is -0.115. The molecule has 19 heavy (non-hydrogen) atoms. The lowest BCUT2D eigenvalue weighted by Crippen LogP contribution is -2.30. The van der Waals surface area contributed by atoms with Crippen molar-refractivity contribution >= 4 is 11.6 Å². The number of hydrogen-bond acceptors (Lipinski definition) is 3. The van der Waals surface area contributed by atoms with Gasteiger partial charge in [-0.1, -0.05) is 19.9 Å². The van der Waals surface area contributed by atoms with Crippen LogP contribution in [0.5, 0.6) is 5.75 Å². The smallest absolute Gasteiger partial charge is 0.238 e. The van der Waals surface area contributed by atoms with Crippen molar-refractivity contribution in [3.8, 4) is 5.75 Å². The highest BCUT2D eigenvalue weighted by Gasteiger charge is 2.44. The van der Waals surface area contributed by atoms with E-state index in [0.29, 0.717) is 17.9 Å². The minimum atomic E-state index is -0.0216. The molecule has 104 valence electrons. The van der Waals surface area contributed by atoms with E-state index in [-0.39, 0.29) is 5.91 Å². The maximum atomic E-state index is 11.8. The van der Waals surface area contributed by atoms with E-state index in [0.717, 1.165) is 18.0 Å². The van der Waals surface area contributed by atoms with Gasteiger partial charge in [0.05, 0.1) is 13.7 Å². The number of benzene rings is 1. The summed E-state index contributed by atoms with van der Waals surface area (Å²) in [6.45, 7) is 5.79. The molecule has 0 spiro atoms. The summed E-state index contributed by atoms with van der Waals surface area (Å²) in [6.07, 6.45) is 1.25. The molecular formula is C15H22N2O2. The monoisotopic (exact) mass is 262 g/mol. The molecule has 1 fully saturated rings. The summed E-state index contributed by atoms with van der Waals surface area (Å²) in [5.41, 5.74) is 1.22. The fraction of sp³-hybridized carbons (Fsp3) is 0.533. The van der Waals surface area contributed by atoms with Gasteiger partial charge in [-0.25, -0.2) is 0 Å². The fourth-order valence-electron chi connectivity index (χ4n) is 2.19. The van der Waals surface area contributed by atoms with Gasteiger partial charge in [0.1, 0.15) is 5.75 Å². The average molecular weight is 262 g/mol. The van der Waals surface area contributed by atoms with Crippen molar-refractivity contribution in [2.75, 3.05) is 25.5 Å². The van der Waals surface area contributed by atoms with E-state index in [1.165, 1.54) is 6.42 Å². The molecule has 1 unspecified atom stereocenters. The van der Waals surface area contributed by atoms with E-state index in [4.69, 9.17) is 4.74 Å². The van der Waals surface area contributed by atoms with Crippen LogP contribution in [0.1, 0.15) is 20.3 Å². The molecule has 4 nitrogen and oxygen atoms in total. The number of ether oxygens (including phenoxy) is 1. The Labute approximate surface area is 114 Å². The largest absolute Gasteiger partial charge is 0.497 e. The normalized spacial score (nSPS) is 19.8. The molecule has 1 amide bonds. The predicted octanol–water partition coefficient (Wildman–Crippen LogP) is 2.27. The summed E-state index contributed by atoms with van der Waals surface area (Å²) in [4.78, 5) is 11.8. The maximum Gasteiger partial charge on any atom is 0.238 e. The predicted molar refractivity (Wildman–Crippen MR) is 76.4 cm³/mol. The highest BCUT2D eigenvalue weighted by molar-refractivity contribution is 5.92. The molecule has 1 aliphatic carbocycles. The molecule has 1 aliphatic rings. The summed E-state index contributed by atoms with van der Waals surface area (Å²) < 4.78 is 5.11. The van der Waals surface area contributed by atoms with Gasteiger partial charge in [0, 0.05) is 11.8 Å². The first-order valence-electron chi connectivity index (χ1n) is 6.66. The Balaban J connectivity index is 1.72. The highest BCUT2D eigenvalue weighted by Crippen LogP contribution is 2.50. The minimum absolute atomic E-state index is 0.0216. The minimum Gasteiger partial charge on any atom is -0.497 e. The molecule has 1 saturated carbocycles. The van der Waals surface area contributed by atoms with Gasteiger partial charge >= 0.3 is 0 Å². The molecule has 0 aliphatic heterocycles. The Morgan fingerprint density at radius 3 is 2.84 bits per heavy atom. The van der Waals surface area contributed by atoms with Crippen LogP contribution in [0, 0.1) is 11.3 Å². The number of rotatable bonds is 6. The topological polar surface area (TPSA) is 50.4 Å². The zero-order valence-electron chi connectivity index (χ0n) is 11.8. The molecule has 2 N–H and O–H groups in total. The Kier molecular flexibility index (Phi) is 4.10. The Bertz CT molecular complexity index is 457.